The van der Waals surface area contributed by atoms with Gasteiger partial charge in [-0.3, -0.25) is 0 Å². The van der Waals surface area contributed by atoms with E-state index in [1.165, 1.54) is 94.6 Å². The normalized spacial score (nSPS) is 12.4. The van der Waals surface area contributed by atoms with Gasteiger partial charge in [-0.25, -0.2) is 8.42 Å². The number of aryl methyl sites for hydroxylation is 2. The van der Waals surface area contributed by atoms with Crippen LogP contribution in [-0.2, 0) is 23.0 Å². The molecule has 0 bridgehead atoms. The molecule has 0 aliphatic heterocycles. The fraction of sp³-hybridized carbons (Fsp3) is 0.786. The van der Waals surface area contributed by atoms with Crippen LogP contribution in [0.25, 0.3) is 0 Å². The van der Waals surface area contributed by atoms with Gasteiger partial charge in [-0.2, -0.15) is 0 Å². The van der Waals surface area contributed by atoms with Gasteiger partial charge in [0.25, 0.3) is 0 Å². The average Bonchev–Trinajstić information content (AvgIpc) is 2.77. The monoisotopic (exact) mass is 504 g/mol. The second-order valence-corrected chi connectivity index (χ2v) is 11.2. The van der Waals surface area contributed by atoms with Crippen LogP contribution in [0.5, 0.6) is 5.75 Å². The van der Waals surface area contributed by atoms with Gasteiger partial charge in [0.2, 0.25) is 0 Å². The van der Waals surface area contributed by atoms with Gasteiger partial charge in [-0.1, -0.05) is 103 Å². The zero-order valence-electron chi connectivity index (χ0n) is 22.6. The third kappa shape index (κ3) is 18.2. The van der Waals surface area contributed by atoms with Crippen molar-refractivity contribution < 1.29 is 47.3 Å². The van der Waals surface area contributed by atoms with Crippen LogP contribution in [0.15, 0.2) is 18.2 Å². The van der Waals surface area contributed by atoms with Crippen LogP contribution in [-0.4, -0.2) is 24.8 Å². The maximum atomic E-state index is 11.0. The Morgan fingerprint density at radius 1 is 0.794 bits per heavy atom. The van der Waals surface area contributed by atoms with Crippen molar-refractivity contribution >= 4 is 10.1 Å². The van der Waals surface area contributed by atoms with E-state index in [-0.39, 0.29) is 47.8 Å². The van der Waals surface area contributed by atoms with Gasteiger partial charge in [0.1, 0.15) is 5.75 Å². The second-order valence-electron chi connectivity index (χ2n) is 9.66. The van der Waals surface area contributed by atoms with E-state index in [1.807, 2.05) is 6.92 Å². The summed E-state index contributed by atoms with van der Waals surface area (Å²) in [6.07, 6.45) is 19.9. The molecule has 0 saturated heterocycles. The van der Waals surface area contributed by atoms with Gasteiger partial charge in [0, 0.05) is 5.75 Å². The Bertz CT molecular complexity index is 721. The van der Waals surface area contributed by atoms with Crippen LogP contribution in [0.4, 0.5) is 0 Å². The standard InChI is InChI=1S/C28H50O4S.Na/c1-4-6-8-10-12-14-16-18-26-20-21-27(19-17-15-13-11-9-7-5-2)28(24-26)32-25(3)22-23-33(29,30)31;/h20-21,24-25H,4-19,22-23H2,1-3H3,(H,29,30,31);/q;+1/p-1. The summed E-state index contributed by atoms with van der Waals surface area (Å²) in [5.74, 6) is 0.496. The van der Waals surface area contributed by atoms with Crippen molar-refractivity contribution in [3.05, 3.63) is 29.3 Å². The Balaban J connectivity index is 0.0000109. The van der Waals surface area contributed by atoms with Gasteiger partial charge < -0.3 is 9.29 Å². The minimum atomic E-state index is -4.21. The molecule has 0 aromatic heterocycles. The molecule has 4 nitrogen and oxygen atoms in total. The van der Waals surface area contributed by atoms with Crippen LogP contribution in [0.1, 0.15) is 128 Å². The van der Waals surface area contributed by atoms with Crippen LogP contribution in [0, 0.1) is 0 Å². The number of hydrogen-bond donors (Lipinski definition) is 0. The molecule has 1 aromatic carbocycles. The minimum absolute atomic E-state index is 0. The zero-order chi connectivity index (χ0) is 24.4. The molecule has 192 valence electrons. The first-order valence-corrected chi connectivity index (χ1v) is 15.2. The summed E-state index contributed by atoms with van der Waals surface area (Å²) in [5.41, 5.74) is 2.48. The van der Waals surface area contributed by atoms with E-state index in [4.69, 9.17) is 4.74 Å². The molecule has 6 heteroatoms. The van der Waals surface area contributed by atoms with Crippen LogP contribution < -0.4 is 34.3 Å². The summed E-state index contributed by atoms with van der Waals surface area (Å²) in [4.78, 5) is 0. The molecule has 1 rings (SSSR count). The topological polar surface area (TPSA) is 66.4 Å². The molecular weight excluding hydrogens is 455 g/mol. The van der Waals surface area contributed by atoms with Crippen molar-refractivity contribution in [3.8, 4) is 5.75 Å². The van der Waals surface area contributed by atoms with Crippen molar-refractivity contribution in [1.82, 2.24) is 0 Å². The predicted molar refractivity (Wildman–Crippen MR) is 139 cm³/mol. The summed E-state index contributed by atoms with van der Waals surface area (Å²) < 4.78 is 39.1. The maximum Gasteiger partial charge on any atom is 1.00 e. The van der Waals surface area contributed by atoms with Crippen molar-refractivity contribution in [2.24, 2.45) is 0 Å². The minimum Gasteiger partial charge on any atom is -0.748 e. The molecule has 0 aliphatic rings. The fourth-order valence-corrected chi connectivity index (χ4v) is 4.84. The third-order valence-electron chi connectivity index (χ3n) is 6.35. The molecule has 0 amide bonds. The number of benzene rings is 1. The van der Waals surface area contributed by atoms with Crippen LogP contribution in [0.2, 0.25) is 0 Å². The fourth-order valence-electron chi connectivity index (χ4n) is 4.22. The van der Waals surface area contributed by atoms with E-state index < -0.39 is 10.1 Å². The van der Waals surface area contributed by atoms with E-state index in [0.717, 1.165) is 25.0 Å². The van der Waals surface area contributed by atoms with E-state index in [1.54, 1.807) is 0 Å². The molecule has 0 radical (unpaired) electrons. The van der Waals surface area contributed by atoms with Crippen molar-refractivity contribution in [2.75, 3.05) is 5.75 Å². The van der Waals surface area contributed by atoms with Gasteiger partial charge in [0.15, 0.2) is 0 Å². The molecule has 0 aliphatic carbocycles. The summed E-state index contributed by atoms with van der Waals surface area (Å²) in [5, 5.41) is 0. The molecule has 34 heavy (non-hydrogen) atoms. The van der Waals surface area contributed by atoms with E-state index in [0.29, 0.717) is 0 Å². The summed E-state index contributed by atoms with van der Waals surface area (Å²) >= 11 is 0. The first-order valence-electron chi connectivity index (χ1n) is 13.6. The molecular formula is C28H49NaO4S. The van der Waals surface area contributed by atoms with Crippen molar-refractivity contribution in [1.29, 1.82) is 0 Å². The molecule has 1 atom stereocenters. The Morgan fingerprint density at radius 2 is 1.29 bits per heavy atom. The zero-order valence-corrected chi connectivity index (χ0v) is 25.4. The van der Waals surface area contributed by atoms with Gasteiger partial charge in [-0.05, 0) is 56.2 Å². The largest absolute Gasteiger partial charge is 1.00 e. The van der Waals surface area contributed by atoms with Gasteiger partial charge >= 0.3 is 29.6 Å². The Morgan fingerprint density at radius 3 is 1.82 bits per heavy atom. The predicted octanol–water partition coefficient (Wildman–Crippen LogP) is 4.98. The Labute approximate surface area is 233 Å². The Kier molecular flexibility index (Phi) is 21.0. The van der Waals surface area contributed by atoms with Crippen LogP contribution >= 0.6 is 0 Å². The number of ether oxygens (including phenoxy) is 1. The van der Waals surface area contributed by atoms with Crippen molar-refractivity contribution in [2.45, 2.75) is 136 Å². The van der Waals surface area contributed by atoms with Gasteiger partial charge in [-0.15, -0.1) is 0 Å². The average molecular weight is 505 g/mol. The SMILES string of the molecule is CCCCCCCCCc1ccc(CCCCCCCCC)c(OC(C)CCS(=O)(=O)[O-])c1.[Na+]. The Hall–Kier alpha value is -0.0700. The number of hydrogen-bond acceptors (Lipinski definition) is 4. The first-order chi connectivity index (χ1) is 15.9. The molecule has 0 fully saturated rings. The second kappa shape index (κ2) is 21.1. The molecule has 0 N–H and O–H groups in total. The number of rotatable bonds is 21. The summed E-state index contributed by atoms with van der Waals surface area (Å²) in [6.45, 7) is 6.34. The van der Waals surface area contributed by atoms with E-state index in [2.05, 4.69) is 32.0 Å². The summed E-state index contributed by atoms with van der Waals surface area (Å²) in [6, 6.07) is 6.57. The third-order valence-corrected chi connectivity index (χ3v) is 7.09. The molecule has 0 saturated carbocycles. The van der Waals surface area contributed by atoms with Crippen molar-refractivity contribution in [3.63, 3.8) is 0 Å². The molecule has 1 aromatic rings. The molecule has 0 heterocycles. The quantitative estimate of drug-likeness (QED) is 0.135. The molecule has 1 unspecified atom stereocenters. The van der Waals surface area contributed by atoms with Gasteiger partial charge in [0.05, 0.1) is 16.2 Å². The van der Waals surface area contributed by atoms with E-state index >= 15 is 0 Å². The first kappa shape index (κ1) is 33.9. The van der Waals surface area contributed by atoms with Crippen LogP contribution in [0.3, 0.4) is 0 Å². The smallest absolute Gasteiger partial charge is 0.748 e. The maximum absolute atomic E-state index is 11.0. The number of unbranched alkanes of at least 4 members (excludes halogenated alkanes) is 12. The summed E-state index contributed by atoms with van der Waals surface area (Å²) in [7, 11) is -4.21. The van der Waals surface area contributed by atoms with E-state index in [9.17, 15) is 13.0 Å². The molecule has 0 spiro atoms.